The van der Waals surface area contributed by atoms with Crippen LogP contribution in [0.25, 0.3) is 10.4 Å². The first kappa shape index (κ1) is 11.0. The van der Waals surface area contributed by atoms with E-state index in [1.165, 1.54) is 18.2 Å². The Kier molecular flexibility index (Phi) is 4.12. The Morgan fingerprint density at radius 3 is 3.07 bits per heavy atom. The second-order valence-electron chi connectivity index (χ2n) is 2.76. The molecule has 0 saturated heterocycles. The van der Waals surface area contributed by atoms with Crippen molar-refractivity contribution < 1.29 is 9.18 Å². The summed E-state index contributed by atoms with van der Waals surface area (Å²) in [4.78, 5) is 13.7. The zero-order valence-electron chi connectivity index (χ0n) is 7.85. The van der Waals surface area contributed by atoms with Crippen LogP contribution in [0.2, 0.25) is 0 Å². The molecule has 0 unspecified atom stereocenters. The fourth-order valence-electron chi connectivity index (χ4n) is 0.986. The lowest BCUT2D eigenvalue weighted by atomic mass is 10.3. The number of carbonyl (C=O) groups excluding carboxylic acids is 1. The molecule has 0 aromatic heterocycles. The summed E-state index contributed by atoms with van der Waals surface area (Å²) in [5.74, 6) is -0.726. The van der Waals surface area contributed by atoms with E-state index in [1.807, 2.05) is 0 Å². The van der Waals surface area contributed by atoms with E-state index in [0.29, 0.717) is 5.69 Å². The first-order valence-corrected chi connectivity index (χ1v) is 4.28. The highest BCUT2D eigenvalue weighted by molar-refractivity contribution is 5.90. The molecule has 0 bridgehead atoms. The van der Waals surface area contributed by atoms with Gasteiger partial charge in [0.1, 0.15) is 5.82 Å². The third-order valence-electron chi connectivity index (χ3n) is 1.61. The van der Waals surface area contributed by atoms with Crippen LogP contribution in [0, 0.1) is 5.82 Å². The number of nitrogens with one attached hydrogen (secondary N) is 1. The summed E-state index contributed by atoms with van der Waals surface area (Å²) in [5, 5.41) is 5.70. The van der Waals surface area contributed by atoms with E-state index in [9.17, 15) is 9.18 Å². The summed E-state index contributed by atoms with van der Waals surface area (Å²) < 4.78 is 12.7. The van der Waals surface area contributed by atoms with Gasteiger partial charge in [0.15, 0.2) is 0 Å². The van der Waals surface area contributed by atoms with Crippen molar-refractivity contribution in [2.75, 3.05) is 11.9 Å². The summed E-state index contributed by atoms with van der Waals surface area (Å²) >= 11 is 0. The van der Waals surface area contributed by atoms with Gasteiger partial charge in [-0.25, -0.2) is 4.39 Å². The minimum atomic E-state index is -0.414. The minimum Gasteiger partial charge on any atom is -0.326 e. The molecule has 0 saturated carbocycles. The summed E-state index contributed by atoms with van der Waals surface area (Å²) in [7, 11) is 0. The molecule has 5 nitrogen and oxygen atoms in total. The Morgan fingerprint density at radius 1 is 1.60 bits per heavy atom. The van der Waals surface area contributed by atoms with Crippen LogP contribution in [0.5, 0.6) is 0 Å². The average molecular weight is 208 g/mol. The number of halogens is 1. The van der Waals surface area contributed by atoms with Crippen LogP contribution in [0.15, 0.2) is 29.4 Å². The molecular formula is C9H9FN4O. The van der Waals surface area contributed by atoms with Gasteiger partial charge in [-0.1, -0.05) is 11.2 Å². The van der Waals surface area contributed by atoms with E-state index < -0.39 is 5.82 Å². The van der Waals surface area contributed by atoms with Crippen LogP contribution in [-0.2, 0) is 4.79 Å². The van der Waals surface area contributed by atoms with Crippen molar-refractivity contribution >= 4 is 11.6 Å². The lowest BCUT2D eigenvalue weighted by molar-refractivity contribution is -0.116. The maximum absolute atomic E-state index is 12.7. The van der Waals surface area contributed by atoms with Gasteiger partial charge in [-0.2, -0.15) is 0 Å². The largest absolute Gasteiger partial charge is 0.326 e. The van der Waals surface area contributed by atoms with Gasteiger partial charge in [0.05, 0.1) is 0 Å². The Hall–Kier alpha value is -2.07. The second kappa shape index (κ2) is 5.62. The SMILES string of the molecule is [N-]=[N+]=NCCC(=O)Nc1cccc(F)c1. The molecule has 0 aliphatic carbocycles. The molecule has 0 spiro atoms. The predicted molar refractivity (Wildman–Crippen MR) is 53.7 cm³/mol. The topological polar surface area (TPSA) is 77.9 Å². The van der Waals surface area contributed by atoms with Crippen LogP contribution < -0.4 is 5.32 Å². The van der Waals surface area contributed by atoms with E-state index >= 15 is 0 Å². The lowest BCUT2D eigenvalue weighted by Crippen LogP contribution is -2.12. The maximum Gasteiger partial charge on any atom is 0.224 e. The molecule has 6 heteroatoms. The van der Waals surface area contributed by atoms with Crippen LogP contribution in [-0.4, -0.2) is 12.5 Å². The van der Waals surface area contributed by atoms with Crippen LogP contribution >= 0.6 is 0 Å². The first-order chi connectivity index (χ1) is 7.22. The van der Waals surface area contributed by atoms with Gasteiger partial charge in [0.25, 0.3) is 0 Å². The molecule has 0 fully saturated rings. The van der Waals surface area contributed by atoms with Crippen molar-refractivity contribution in [3.8, 4) is 0 Å². The zero-order valence-corrected chi connectivity index (χ0v) is 7.85. The van der Waals surface area contributed by atoms with Crippen LogP contribution in [0.4, 0.5) is 10.1 Å². The predicted octanol–water partition coefficient (Wildman–Crippen LogP) is 2.46. The minimum absolute atomic E-state index is 0.0839. The molecule has 1 rings (SSSR count). The van der Waals surface area contributed by atoms with E-state index in [1.54, 1.807) is 6.07 Å². The number of hydrogen-bond donors (Lipinski definition) is 1. The molecule has 0 aliphatic rings. The Balaban J connectivity index is 2.47. The highest BCUT2D eigenvalue weighted by Gasteiger charge is 2.01. The van der Waals surface area contributed by atoms with E-state index in [0.717, 1.165) is 0 Å². The molecule has 0 atom stereocenters. The lowest BCUT2D eigenvalue weighted by Gasteiger charge is -2.03. The molecule has 0 aliphatic heterocycles. The van der Waals surface area contributed by atoms with Gasteiger partial charge < -0.3 is 5.32 Å². The zero-order chi connectivity index (χ0) is 11.1. The van der Waals surface area contributed by atoms with Crippen molar-refractivity contribution in [2.45, 2.75) is 6.42 Å². The molecule has 15 heavy (non-hydrogen) atoms. The third-order valence-corrected chi connectivity index (χ3v) is 1.61. The Labute approximate surface area is 85.5 Å². The molecule has 1 amide bonds. The number of amides is 1. The molecule has 0 radical (unpaired) electrons. The fourth-order valence-corrected chi connectivity index (χ4v) is 0.986. The fraction of sp³-hybridized carbons (Fsp3) is 0.222. The number of rotatable bonds is 4. The number of azide groups is 1. The quantitative estimate of drug-likeness (QED) is 0.460. The van der Waals surface area contributed by atoms with Gasteiger partial charge in [-0.05, 0) is 23.7 Å². The van der Waals surface area contributed by atoms with Crippen molar-refractivity contribution in [3.05, 3.63) is 40.5 Å². The molecule has 78 valence electrons. The first-order valence-electron chi connectivity index (χ1n) is 4.28. The maximum atomic E-state index is 12.7. The highest BCUT2D eigenvalue weighted by atomic mass is 19.1. The standard InChI is InChI=1S/C9H9FN4O/c10-7-2-1-3-8(6-7)13-9(15)4-5-12-14-11/h1-3,6H,4-5H2,(H,13,15). The number of hydrogen-bond acceptors (Lipinski definition) is 2. The molecule has 1 aromatic carbocycles. The molecule has 1 aromatic rings. The van der Waals surface area contributed by atoms with Gasteiger partial charge in [0.2, 0.25) is 5.91 Å². The molecule has 1 N–H and O–H groups in total. The summed E-state index contributed by atoms with van der Waals surface area (Å²) in [6.45, 7) is 0.0949. The second-order valence-corrected chi connectivity index (χ2v) is 2.76. The van der Waals surface area contributed by atoms with Gasteiger partial charge in [-0.3, -0.25) is 4.79 Å². The number of nitrogens with zero attached hydrogens (tertiary/aromatic N) is 3. The summed E-state index contributed by atoms with van der Waals surface area (Å²) in [6, 6.07) is 5.58. The van der Waals surface area contributed by atoms with Crippen molar-refractivity contribution in [1.29, 1.82) is 0 Å². The number of anilines is 1. The smallest absolute Gasteiger partial charge is 0.224 e. The highest BCUT2D eigenvalue weighted by Crippen LogP contribution is 2.09. The van der Waals surface area contributed by atoms with E-state index in [2.05, 4.69) is 15.3 Å². The third kappa shape index (κ3) is 4.10. The van der Waals surface area contributed by atoms with E-state index in [-0.39, 0.29) is 18.9 Å². The Morgan fingerprint density at radius 2 is 2.40 bits per heavy atom. The van der Waals surface area contributed by atoms with E-state index in [4.69, 9.17) is 5.53 Å². The van der Waals surface area contributed by atoms with Crippen molar-refractivity contribution in [1.82, 2.24) is 0 Å². The van der Waals surface area contributed by atoms with Crippen molar-refractivity contribution in [2.24, 2.45) is 5.11 Å². The van der Waals surface area contributed by atoms with Gasteiger partial charge in [-0.15, -0.1) is 0 Å². The summed E-state index contributed by atoms with van der Waals surface area (Å²) in [6.07, 6.45) is 0.0839. The van der Waals surface area contributed by atoms with Gasteiger partial charge in [0, 0.05) is 23.6 Å². The molecular weight excluding hydrogens is 199 g/mol. The van der Waals surface area contributed by atoms with Crippen LogP contribution in [0.3, 0.4) is 0 Å². The monoisotopic (exact) mass is 208 g/mol. The Bertz CT molecular complexity index is 401. The normalized spacial score (nSPS) is 9.13. The summed E-state index contributed by atoms with van der Waals surface area (Å²) in [5.41, 5.74) is 8.37. The van der Waals surface area contributed by atoms with Crippen LogP contribution in [0.1, 0.15) is 6.42 Å². The molecule has 0 heterocycles. The number of benzene rings is 1. The van der Waals surface area contributed by atoms with Gasteiger partial charge >= 0.3 is 0 Å². The number of carbonyl (C=O) groups is 1. The average Bonchev–Trinajstić information content (AvgIpc) is 2.18. The van der Waals surface area contributed by atoms with Crippen molar-refractivity contribution in [3.63, 3.8) is 0 Å².